The molecule has 3 N–H and O–H groups in total. The highest BCUT2D eigenvalue weighted by atomic mass is 32.1. The van der Waals surface area contributed by atoms with Gasteiger partial charge >= 0.3 is 0 Å². The second-order valence-corrected chi connectivity index (χ2v) is 9.60. The molecule has 4 heterocycles. The summed E-state index contributed by atoms with van der Waals surface area (Å²) in [6.07, 6.45) is 10.0. The number of anilines is 1. The summed E-state index contributed by atoms with van der Waals surface area (Å²) in [5, 5.41) is 24.6. The lowest BCUT2D eigenvalue weighted by Gasteiger charge is -2.37. The number of likely N-dealkylation sites (tertiary alicyclic amines) is 1. The predicted octanol–water partition coefficient (Wildman–Crippen LogP) is 2.98. The maximum absolute atomic E-state index is 12.4. The Bertz CT molecular complexity index is 1140. The smallest absolute Gasteiger partial charge is 0.234 e. The van der Waals surface area contributed by atoms with Crippen LogP contribution in [0.15, 0.2) is 18.5 Å². The lowest BCUT2D eigenvalue weighted by molar-refractivity contribution is -0.131. The molecule has 0 aromatic carbocycles. The van der Waals surface area contributed by atoms with E-state index in [1.54, 1.807) is 20.0 Å². The van der Waals surface area contributed by atoms with Crippen LogP contribution in [-0.2, 0) is 10.4 Å². The van der Waals surface area contributed by atoms with E-state index in [2.05, 4.69) is 38.3 Å². The number of aromatic nitrogens is 4. The largest absolute Gasteiger partial charge is 0.383 e. The summed E-state index contributed by atoms with van der Waals surface area (Å²) in [5.41, 5.74) is 1.42. The quantitative estimate of drug-likeness (QED) is 0.529. The molecule has 0 bridgehead atoms. The maximum atomic E-state index is 12.4. The molecule has 3 aromatic rings. The number of hydrogen-bond acceptors (Lipinski definition) is 7. The van der Waals surface area contributed by atoms with E-state index < -0.39 is 5.60 Å². The van der Waals surface area contributed by atoms with Crippen molar-refractivity contribution in [3.63, 3.8) is 0 Å². The number of H-pyrrole nitrogens is 1. The van der Waals surface area contributed by atoms with Gasteiger partial charge in [-0.25, -0.2) is 4.98 Å². The summed E-state index contributed by atoms with van der Waals surface area (Å²) in [6.45, 7) is 6.82. The number of carbonyl (C=O) groups excluding carboxylic acids is 1. The van der Waals surface area contributed by atoms with Crippen LogP contribution in [0.3, 0.4) is 0 Å². The maximum Gasteiger partial charge on any atom is 0.234 e. The van der Waals surface area contributed by atoms with E-state index in [4.69, 9.17) is 6.42 Å². The summed E-state index contributed by atoms with van der Waals surface area (Å²) in [5.74, 6) is 2.79. The molecule has 2 atom stereocenters. The Balaban J connectivity index is 1.69. The number of aliphatic hydroxyl groups is 1. The zero-order chi connectivity index (χ0) is 22.2. The minimum absolute atomic E-state index is 0.0125. The van der Waals surface area contributed by atoms with Crippen molar-refractivity contribution in [3.8, 4) is 22.9 Å². The van der Waals surface area contributed by atoms with Gasteiger partial charge in [0.2, 0.25) is 5.91 Å². The minimum Gasteiger partial charge on any atom is -0.383 e. The Kier molecular flexibility index (Phi) is 5.69. The molecule has 1 saturated heterocycles. The van der Waals surface area contributed by atoms with Gasteiger partial charge in [0.05, 0.1) is 17.7 Å². The Morgan fingerprint density at radius 2 is 2.26 bits per heavy atom. The molecule has 1 amide bonds. The first-order valence-corrected chi connectivity index (χ1v) is 11.1. The van der Waals surface area contributed by atoms with Crippen LogP contribution in [0.2, 0.25) is 0 Å². The van der Waals surface area contributed by atoms with Crippen molar-refractivity contribution in [1.29, 1.82) is 0 Å². The van der Waals surface area contributed by atoms with Crippen molar-refractivity contribution < 1.29 is 9.90 Å². The van der Waals surface area contributed by atoms with Crippen molar-refractivity contribution in [1.82, 2.24) is 25.1 Å². The van der Waals surface area contributed by atoms with Crippen molar-refractivity contribution in [2.75, 3.05) is 18.4 Å². The summed E-state index contributed by atoms with van der Waals surface area (Å²) in [4.78, 5) is 21.9. The fourth-order valence-corrected chi connectivity index (χ4v) is 4.83. The third kappa shape index (κ3) is 4.40. The van der Waals surface area contributed by atoms with E-state index in [1.807, 2.05) is 17.2 Å². The molecule has 1 fully saturated rings. The van der Waals surface area contributed by atoms with E-state index >= 15 is 0 Å². The molecule has 162 valence electrons. The molecular weight excluding hydrogens is 412 g/mol. The first-order valence-electron chi connectivity index (χ1n) is 10.3. The van der Waals surface area contributed by atoms with E-state index in [-0.39, 0.29) is 18.4 Å². The number of aromatic amines is 1. The molecular formula is C22H26N6O2S. The zero-order valence-electron chi connectivity index (χ0n) is 17.8. The topological polar surface area (TPSA) is 107 Å². The van der Waals surface area contributed by atoms with Gasteiger partial charge in [-0.2, -0.15) is 0 Å². The number of hydrogen-bond donors (Lipinski definition) is 3. The molecule has 0 spiro atoms. The predicted molar refractivity (Wildman–Crippen MR) is 121 cm³/mol. The number of nitrogens with zero attached hydrogens (tertiary/aromatic N) is 4. The van der Waals surface area contributed by atoms with Crippen LogP contribution in [-0.4, -0.2) is 55.2 Å². The number of rotatable bonds is 5. The van der Waals surface area contributed by atoms with Crippen LogP contribution in [0.5, 0.6) is 0 Å². The number of amides is 1. The van der Waals surface area contributed by atoms with E-state index in [1.165, 1.54) is 11.3 Å². The Hall–Kier alpha value is -2.96. The second-order valence-electron chi connectivity index (χ2n) is 8.62. The van der Waals surface area contributed by atoms with Crippen molar-refractivity contribution in [2.45, 2.75) is 45.3 Å². The minimum atomic E-state index is -1.06. The Labute approximate surface area is 185 Å². The van der Waals surface area contributed by atoms with Crippen LogP contribution in [0.4, 0.5) is 5.69 Å². The molecule has 4 rings (SSSR count). The normalized spacial score (nSPS) is 19.4. The van der Waals surface area contributed by atoms with Crippen LogP contribution in [0.1, 0.15) is 38.6 Å². The van der Waals surface area contributed by atoms with Gasteiger partial charge in [0.15, 0.2) is 5.01 Å². The monoisotopic (exact) mass is 438 g/mol. The molecule has 0 radical (unpaired) electrons. The lowest BCUT2D eigenvalue weighted by atomic mass is 9.95. The number of nitrogens with one attached hydrogen (secondary N) is 2. The highest BCUT2D eigenvalue weighted by Crippen LogP contribution is 2.38. The zero-order valence-corrected chi connectivity index (χ0v) is 18.7. The lowest BCUT2D eigenvalue weighted by Crippen LogP contribution is -2.48. The number of fused-ring (bicyclic) bond motifs is 1. The van der Waals surface area contributed by atoms with Gasteiger partial charge in [-0.15, -0.1) is 16.6 Å². The average molecular weight is 439 g/mol. The van der Waals surface area contributed by atoms with Crippen LogP contribution >= 0.6 is 11.3 Å². The van der Waals surface area contributed by atoms with Crippen molar-refractivity contribution >= 4 is 34.0 Å². The standard InChI is InChI=1S/C22H26N6O2S/c1-5-6-17(29)28-11-13(2)9-14(12-28)25-18-15-7-8-23-19(15)24-10-16(18)20-26-27-21(31-20)22(3,4)30/h1,7-8,10,13-14,30H,6,9,11-12H2,2-4H3,(H2,23,24,25)/t13-,14+/m0/s1. The fourth-order valence-electron chi connectivity index (χ4n) is 3.97. The van der Waals surface area contributed by atoms with Gasteiger partial charge in [0, 0.05) is 36.9 Å². The van der Waals surface area contributed by atoms with Crippen molar-refractivity contribution in [2.24, 2.45) is 5.92 Å². The number of piperidine rings is 1. The number of terminal acetylenes is 1. The second kappa shape index (κ2) is 8.29. The van der Waals surface area contributed by atoms with Gasteiger partial charge in [0.1, 0.15) is 16.3 Å². The van der Waals surface area contributed by atoms with E-state index in [0.717, 1.165) is 28.7 Å². The molecule has 9 heteroatoms. The van der Waals surface area contributed by atoms with Crippen LogP contribution < -0.4 is 5.32 Å². The summed E-state index contributed by atoms with van der Waals surface area (Å²) < 4.78 is 0. The van der Waals surface area contributed by atoms with E-state index in [0.29, 0.717) is 29.0 Å². The first-order chi connectivity index (χ1) is 14.8. The molecule has 0 saturated carbocycles. The molecule has 1 aliphatic rings. The van der Waals surface area contributed by atoms with Crippen LogP contribution in [0, 0.1) is 18.3 Å². The van der Waals surface area contributed by atoms with Gasteiger partial charge in [-0.1, -0.05) is 24.2 Å². The molecule has 3 aromatic heterocycles. The Morgan fingerprint density at radius 3 is 2.97 bits per heavy atom. The van der Waals surface area contributed by atoms with E-state index in [9.17, 15) is 9.90 Å². The van der Waals surface area contributed by atoms with Crippen LogP contribution in [0.25, 0.3) is 21.6 Å². The molecule has 0 aliphatic carbocycles. The Morgan fingerprint density at radius 1 is 1.45 bits per heavy atom. The molecule has 1 aliphatic heterocycles. The van der Waals surface area contributed by atoms with Crippen molar-refractivity contribution in [3.05, 3.63) is 23.5 Å². The molecule has 31 heavy (non-hydrogen) atoms. The van der Waals surface area contributed by atoms with Gasteiger partial charge in [-0.3, -0.25) is 4.79 Å². The number of pyridine rings is 1. The average Bonchev–Trinajstić information content (AvgIpc) is 3.37. The molecule has 0 unspecified atom stereocenters. The summed E-state index contributed by atoms with van der Waals surface area (Å²) in [6, 6.07) is 2.03. The van der Waals surface area contributed by atoms with Gasteiger partial charge in [0.25, 0.3) is 0 Å². The van der Waals surface area contributed by atoms with Gasteiger partial charge in [-0.05, 0) is 32.3 Å². The highest BCUT2D eigenvalue weighted by molar-refractivity contribution is 7.14. The number of carbonyl (C=O) groups is 1. The van der Waals surface area contributed by atoms with Gasteiger partial charge < -0.3 is 20.3 Å². The first kappa shape index (κ1) is 21.3. The SMILES string of the molecule is C#CCC(=O)N1C[C@@H](C)C[C@@H](Nc2c(-c3nnc(C(C)(C)O)s3)cnc3[nH]ccc23)C1. The third-order valence-electron chi connectivity index (χ3n) is 5.38. The highest BCUT2D eigenvalue weighted by Gasteiger charge is 2.29. The fraction of sp³-hybridized carbons (Fsp3) is 0.455. The summed E-state index contributed by atoms with van der Waals surface area (Å²) >= 11 is 1.34. The summed E-state index contributed by atoms with van der Waals surface area (Å²) in [7, 11) is 0. The molecule has 8 nitrogen and oxygen atoms in total. The third-order valence-corrected chi connectivity index (χ3v) is 6.65.